The SMILES string of the molecule is CC1CN(c2ccc(NC=C3C(=O)OC(C)(C)OC3=O)nn2)CC(C)O1. The van der Waals surface area contributed by atoms with Crippen molar-refractivity contribution >= 4 is 23.6 Å². The van der Waals surface area contributed by atoms with Crippen LogP contribution in [0.2, 0.25) is 0 Å². The lowest BCUT2D eigenvalue weighted by Crippen LogP contribution is -2.45. The van der Waals surface area contributed by atoms with Gasteiger partial charge in [0.05, 0.1) is 12.2 Å². The first-order chi connectivity index (χ1) is 12.2. The van der Waals surface area contributed by atoms with Crippen molar-refractivity contribution in [3.05, 3.63) is 23.9 Å². The summed E-state index contributed by atoms with van der Waals surface area (Å²) in [6.07, 6.45) is 1.45. The lowest BCUT2D eigenvalue weighted by molar-refractivity contribution is -0.222. The zero-order valence-electron chi connectivity index (χ0n) is 15.2. The normalized spacial score (nSPS) is 25.4. The van der Waals surface area contributed by atoms with E-state index >= 15 is 0 Å². The first kappa shape index (κ1) is 18.1. The van der Waals surface area contributed by atoms with Gasteiger partial charge in [-0.2, -0.15) is 0 Å². The molecule has 2 aliphatic heterocycles. The number of carbonyl (C=O) groups is 2. The maximum absolute atomic E-state index is 11.9. The third-order valence-electron chi connectivity index (χ3n) is 3.88. The van der Waals surface area contributed by atoms with Crippen molar-refractivity contribution in [2.75, 3.05) is 23.3 Å². The first-order valence-electron chi connectivity index (χ1n) is 8.41. The van der Waals surface area contributed by atoms with E-state index in [-0.39, 0.29) is 17.8 Å². The van der Waals surface area contributed by atoms with Crippen LogP contribution in [0.5, 0.6) is 0 Å². The molecule has 2 saturated heterocycles. The summed E-state index contributed by atoms with van der Waals surface area (Å²) in [5.41, 5.74) is -0.231. The Morgan fingerprint density at radius 3 is 2.27 bits per heavy atom. The molecule has 9 heteroatoms. The van der Waals surface area contributed by atoms with Crippen molar-refractivity contribution in [3.63, 3.8) is 0 Å². The van der Waals surface area contributed by atoms with Crippen LogP contribution in [0.3, 0.4) is 0 Å². The van der Waals surface area contributed by atoms with Gasteiger partial charge in [0.2, 0.25) is 0 Å². The number of nitrogens with one attached hydrogen (secondary N) is 1. The molecule has 3 rings (SSSR count). The molecule has 140 valence electrons. The summed E-state index contributed by atoms with van der Waals surface area (Å²) in [6.45, 7) is 8.49. The largest absolute Gasteiger partial charge is 0.419 e. The lowest BCUT2D eigenvalue weighted by Gasteiger charge is -2.35. The minimum absolute atomic E-state index is 0.121. The Labute approximate surface area is 151 Å². The standard InChI is InChI=1S/C17H22N4O5/c1-10-8-21(9-11(2)24-10)14-6-5-13(19-20-14)18-7-12-15(22)25-17(3,4)26-16(12)23/h5-7,10-11H,8-9H2,1-4H3,(H,18,19). The van der Waals surface area contributed by atoms with E-state index in [4.69, 9.17) is 14.2 Å². The lowest BCUT2D eigenvalue weighted by atomic mass is 10.2. The maximum Gasteiger partial charge on any atom is 0.350 e. The van der Waals surface area contributed by atoms with E-state index < -0.39 is 17.7 Å². The summed E-state index contributed by atoms with van der Waals surface area (Å²) in [5.74, 6) is -1.64. The van der Waals surface area contributed by atoms with Gasteiger partial charge in [-0.25, -0.2) is 9.59 Å². The average Bonchev–Trinajstić information content (AvgIpc) is 2.52. The molecule has 3 heterocycles. The minimum Gasteiger partial charge on any atom is -0.419 e. The number of anilines is 2. The van der Waals surface area contributed by atoms with Gasteiger partial charge in [-0.15, -0.1) is 10.2 Å². The fourth-order valence-corrected chi connectivity index (χ4v) is 2.86. The van der Waals surface area contributed by atoms with Gasteiger partial charge in [0.1, 0.15) is 0 Å². The molecule has 0 saturated carbocycles. The number of aromatic nitrogens is 2. The highest BCUT2D eigenvalue weighted by Gasteiger charge is 2.39. The minimum atomic E-state index is -1.26. The van der Waals surface area contributed by atoms with E-state index in [1.54, 1.807) is 6.07 Å². The molecule has 0 bridgehead atoms. The van der Waals surface area contributed by atoms with E-state index in [0.717, 1.165) is 18.9 Å². The van der Waals surface area contributed by atoms with Gasteiger partial charge >= 0.3 is 11.9 Å². The Morgan fingerprint density at radius 1 is 1.12 bits per heavy atom. The van der Waals surface area contributed by atoms with Crippen molar-refractivity contribution in [2.24, 2.45) is 0 Å². The topological polar surface area (TPSA) is 103 Å². The number of rotatable bonds is 3. The fraction of sp³-hybridized carbons (Fsp3) is 0.529. The molecule has 0 amide bonds. The first-order valence-corrected chi connectivity index (χ1v) is 8.41. The molecule has 0 spiro atoms. The summed E-state index contributed by atoms with van der Waals surface area (Å²) < 4.78 is 15.7. The molecule has 2 aliphatic rings. The predicted molar refractivity (Wildman–Crippen MR) is 92.2 cm³/mol. The monoisotopic (exact) mass is 362 g/mol. The molecule has 1 aromatic rings. The summed E-state index contributed by atoms with van der Waals surface area (Å²) in [6, 6.07) is 3.53. The number of hydrogen-bond donors (Lipinski definition) is 1. The molecular weight excluding hydrogens is 340 g/mol. The number of carbonyl (C=O) groups excluding carboxylic acids is 2. The number of morpholine rings is 1. The molecule has 9 nitrogen and oxygen atoms in total. The Hall–Kier alpha value is -2.68. The zero-order valence-corrected chi connectivity index (χ0v) is 15.2. The fourth-order valence-electron chi connectivity index (χ4n) is 2.86. The molecule has 1 aromatic heterocycles. The zero-order chi connectivity index (χ0) is 18.9. The summed E-state index contributed by atoms with van der Waals surface area (Å²) in [4.78, 5) is 25.9. The van der Waals surface area contributed by atoms with Crippen LogP contribution in [0.1, 0.15) is 27.7 Å². The number of esters is 2. The molecule has 26 heavy (non-hydrogen) atoms. The van der Waals surface area contributed by atoms with E-state index in [2.05, 4.69) is 20.4 Å². The molecule has 2 atom stereocenters. The van der Waals surface area contributed by atoms with Crippen molar-refractivity contribution in [1.82, 2.24) is 10.2 Å². The molecule has 1 N–H and O–H groups in total. The quantitative estimate of drug-likeness (QED) is 0.483. The number of hydrogen-bond acceptors (Lipinski definition) is 9. The van der Waals surface area contributed by atoms with Gasteiger partial charge in [-0.3, -0.25) is 0 Å². The average molecular weight is 362 g/mol. The third-order valence-corrected chi connectivity index (χ3v) is 3.88. The van der Waals surface area contributed by atoms with Gasteiger partial charge in [0, 0.05) is 33.1 Å². The van der Waals surface area contributed by atoms with Crippen LogP contribution >= 0.6 is 0 Å². The van der Waals surface area contributed by atoms with Crippen molar-refractivity contribution < 1.29 is 23.8 Å². The Balaban J connectivity index is 1.66. The second-order valence-corrected chi connectivity index (χ2v) is 6.82. The maximum atomic E-state index is 11.9. The highest BCUT2D eigenvalue weighted by Crippen LogP contribution is 2.23. The number of ether oxygens (including phenoxy) is 3. The van der Waals surface area contributed by atoms with Gasteiger partial charge < -0.3 is 24.4 Å². The second-order valence-electron chi connectivity index (χ2n) is 6.82. The smallest absolute Gasteiger partial charge is 0.350 e. The van der Waals surface area contributed by atoms with Gasteiger partial charge in [0.15, 0.2) is 17.2 Å². The van der Waals surface area contributed by atoms with Gasteiger partial charge in [-0.05, 0) is 26.0 Å². The highest BCUT2D eigenvalue weighted by molar-refractivity contribution is 6.15. The highest BCUT2D eigenvalue weighted by atomic mass is 16.7. The molecular formula is C17H22N4O5. The molecule has 2 unspecified atom stereocenters. The van der Waals surface area contributed by atoms with E-state index in [9.17, 15) is 9.59 Å². The molecule has 2 fully saturated rings. The Kier molecular flexibility index (Phi) is 4.82. The Bertz CT molecular complexity index is 699. The second kappa shape index (κ2) is 6.91. The predicted octanol–water partition coefficient (Wildman–Crippen LogP) is 1.22. The van der Waals surface area contributed by atoms with Crippen LogP contribution in [0.15, 0.2) is 23.9 Å². The number of cyclic esters (lactones) is 2. The summed E-state index contributed by atoms with van der Waals surface area (Å²) >= 11 is 0. The van der Waals surface area contributed by atoms with Crippen LogP contribution in [0.4, 0.5) is 11.6 Å². The van der Waals surface area contributed by atoms with Crippen LogP contribution in [0.25, 0.3) is 0 Å². The van der Waals surface area contributed by atoms with Gasteiger partial charge in [0.25, 0.3) is 5.79 Å². The van der Waals surface area contributed by atoms with Crippen molar-refractivity contribution in [1.29, 1.82) is 0 Å². The molecule has 0 aromatic carbocycles. The van der Waals surface area contributed by atoms with Crippen molar-refractivity contribution in [3.8, 4) is 0 Å². The third kappa shape index (κ3) is 4.10. The Morgan fingerprint density at radius 2 is 1.73 bits per heavy atom. The van der Waals surface area contributed by atoms with Crippen LogP contribution < -0.4 is 10.2 Å². The summed E-state index contributed by atoms with van der Waals surface area (Å²) in [7, 11) is 0. The van der Waals surface area contributed by atoms with Crippen LogP contribution in [0, 0.1) is 0 Å². The molecule has 0 radical (unpaired) electrons. The summed E-state index contributed by atoms with van der Waals surface area (Å²) in [5, 5.41) is 11.0. The molecule has 0 aliphatic carbocycles. The van der Waals surface area contributed by atoms with Crippen LogP contribution in [-0.2, 0) is 23.8 Å². The van der Waals surface area contributed by atoms with E-state index in [0.29, 0.717) is 5.82 Å². The van der Waals surface area contributed by atoms with E-state index in [1.165, 1.54) is 20.0 Å². The van der Waals surface area contributed by atoms with Gasteiger partial charge in [-0.1, -0.05) is 0 Å². The van der Waals surface area contributed by atoms with Crippen molar-refractivity contribution in [2.45, 2.75) is 45.7 Å². The van der Waals surface area contributed by atoms with E-state index in [1.807, 2.05) is 19.9 Å². The van der Waals surface area contributed by atoms with Crippen LogP contribution in [-0.4, -0.2) is 53.2 Å². The number of nitrogens with zero attached hydrogens (tertiary/aromatic N) is 3.